The van der Waals surface area contributed by atoms with E-state index in [0.717, 1.165) is 0 Å². The number of aromatic amines is 1. The first-order chi connectivity index (χ1) is 14.0. The first kappa shape index (κ1) is 20.3. The number of anilines is 1. The van der Waals surface area contributed by atoms with Crippen molar-refractivity contribution >= 4 is 40.7 Å². The Hall–Kier alpha value is -3.46. The van der Waals surface area contributed by atoms with Crippen molar-refractivity contribution in [3.05, 3.63) is 63.7 Å². The number of aromatic nitrogens is 2. The molecule has 29 heavy (non-hydrogen) atoms. The highest BCUT2D eigenvalue weighted by Crippen LogP contribution is 2.16. The molecular weight excluding hydrogens is 394 g/mol. The lowest BCUT2D eigenvalue weighted by atomic mass is 10.2. The number of para-hydroxylation sites is 1. The number of rotatable bonds is 7. The molecule has 8 nitrogen and oxygen atoms in total. The molecule has 0 unspecified atom stereocenters. The van der Waals surface area contributed by atoms with Crippen molar-refractivity contribution in [2.24, 2.45) is 0 Å². The Morgan fingerprint density at radius 1 is 1.14 bits per heavy atom. The van der Waals surface area contributed by atoms with Crippen LogP contribution in [0.4, 0.5) is 5.69 Å². The molecule has 1 amide bonds. The van der Waals surface area contributed by atoms with E-state index in [0.29, 0.717) is 22.3 Å². The topological polar surface area (TPSA) is 102 Å². The van der Waals surface area contributed by atoms with E-state index in [4.69, 9.17) is 17.0 Å². The van der Waals surface area contributed by atoms with Crippen LogP contribution >= 0.6 is 12.2 Å². The molecule has 0 aliphatic rings. The molecule has 0 bridgehead atoms. The maximum absolute atomic E-state index is 12.6. The minimum Gasteiger partial charge on any atom is -0.482 e. The highest BCUT2D eigenvalue weighted by atomic mass is 32.1. The summed E-state index contributed by atoms with van der Waals surface area (Å²) in [5, 5.41) is 3.26. The van der Waals surface area contributed by atoms with Gasteiger partial charge in [-0.3, -0.25) is 14.2 Å². The minimum absolute atomic E-state index is 0.0797. The molecule has 0 spiro atoms. The van der Waals surface area contributed by atoms with Gasteiger partial charge in [0.15, 0.2) is 11.4 Å². The number of ether oxygens (including phenoxy) is 2. The Morgan fingerprint density at radius 3 is 2.59 bits per heavy atom. The van der Waals surface area contributed by atoms with Crippen molar-refractivity contribution in [2.45, 2.75) is 13.0 Å². The molecule has 2 N–H and O–H groups in total. The van der Waals surface area contributed by atoms with Gasteiger partial charge in [-0.15, -0.1) is 0 Å². The summed E-state index contributed by atoms with van der Waals surface area (Å²) < 4.78 is 11.4. The van der Waals surface area contributed by atoms with Crippen LogP contribution in [0.5, 0.6) is 5.75 Å². The van der Waals surface area contributed by atoms with Gasteiger partial charge >= 0.3 is 5.97 Å². The number of benzene rings is 2. The zero-order valence-corrected chi connectivity index (χ0v) is 16.5. The molecule has 9 heteroatoms. The van der Waals surface area contributed by atoms with E-state index >= 15 is 0 Å². The van der Waals surface area contributed by atoms with Crippen LogP contribution in [-0.4, -0.2) is 35.1 Å². The van der Waals surface area contributed by atoms with Crippen LogP contribution in [0.15, 0.2) is 53.3 Å². The number of hydrogen-bond donors (Lipinski definition) is 2. The molecule has 0 aliphatic carbocycles. The lowest BCUT2D eigenvalue weighted by molar-refractivity contribution is -0.142. The van der Waals surface area contributed by atoms with Gasteiger partial charge in [0.25, 0.3) is 5.56 Å². The summed E-state index contributed by atoms with van der Waals surface area (Å²) >= 11 is 5.24. The van der Waals surface area contributed by atoms with E-state index in [1.54, 1.807) is 42.5 Å². The number of H-pyrrole nitrogens is 1. The number of amides is 1. The molecule has 150 valence electrons. The smallest absolute Gasteiger partial charge is 0.343 e. The molecule has 0 atom stereocenters. The Bertz CT molecular complexity index is 1150. The van der Waals surface area contributed by atoms with E-state index in [9.17, 15) is 14.4 Å². The number of fused-ring (bicyclic) bond motifs is 1. The number of carbonyl (C=O) groups excluding carboxylic acids is 2. The molecular formula is C20H19N3O5S. The van der Waals surface area contributed by atoms with Crippen molar-refractivity contribution in [3.8, 4) is 5.75 Å². The highest BCUT2D eigenvalue weighted by molar-refractivity contribution is 7.71. The zero-order valence-electron chi connectivity index (χ0n) is 15.6. The van der Waals surface area contributed by atoms with Gasteiger partial charge in [-0.25, -0.2) is 4.79 Å². The lowest BCUT2D eigenvalue weighted by Gasteiger charge is -2.09. The summed E-state index contributed by atoms with van der Waals surface area (Å²) in [5.74, 6) is -0.269. The number of nitrogens with zero attached hydrogens (tertiary/aromatic N) is 1. The second-order valence-corrected chi connectivity index (χ2v) is 6.51. The summed E-state index contributed by atoms with van der Waals surface area (Å²) in [6, 6.07) is 13.6. The van der Waals surface area contributed by atoms with E-state index in [2.05, 4.69) is 15.0 Å². The molecule has 3 rings (SSSR count). The number of methoxy groups -OCH3 is 1. The Labute approximate surface area is 171 Å². The fourth-order valence-electron chi connectivity index (χ4n) is 2.67. The monoisotopic (exact) mass is 413 g/mol. The third-order valence-corrected chi connectivity index (χ3v) is 4.50. The van der Waals surface area contributed by atoms with E-state index < -0.39 is 5.97 Å². The first-order valence-corrected chi connectivity index (χ1v) is 9.20. The second-order valence-electron chi connectivity index (χ2n) is 6.12. The standard InChI is InChI=1S/C20H19N3O5S/c1-27-18(25)12-28-14-8-6-13(7-9-14)21-17(24)10-11-23-19(26)15-4-2-3-5-16(15)22-20(23)29/h2-9H,10-12H2,1H3,(H,21,24)(H,22,29). The summed E-state index contributed by atoms with van der Waals surface area (Å²) in [7, 11) is 1.28. The number of hydrogen-bond acceptors (Lipinski definition) is 6. The average molecular weight is 413 g/mol. The predicted octanol–water partition coefficient (Wildman–Crippen LogP) is 2.64. The van der Waals surface area contributed by atoms with E-state index in [-0.39, 0.29) is 35.8 Å². The molecule has 0 saturated heterocycles. The number of carbonyl (C=O) groups is 2. The van der Waals surface area contributed by atoms with Crippen LogP contribution in [0.3, 0.4) is 0 Å². The van der Waals surface area contributed by atoms with Gasteiger partial charge in [0, 0.05) is 18.7 Å². The average Bonchev–Trinajstić information content (AvgIpc) is 2.72. The van der Waals surface area contributed by atoms with Gasteiger partial charge in [-0.2, -0.15) is 0 Å². The third kappa shape index (κ3) is 5.08. The molecule has 0 radical (unpaired) electrons. The van der Waals surface area contributed by atoms with Crippen LogP contribution in [0, 0.1) is 4.77 Å². The van der Waals surface area contributed by atoms with Gasteiger partial charge in [-0.05, 0) is 48.6 Å². The zero-order chi connectivity index (χ0) is 20.8. The van der Waals surface area contributed by atoms with Crippen LogP contribution in [0.1, 0.15) is 6.42 Å². The van der Waals surface area contributed by atoms with Crippen LogP contribution in [-0.2, 0) is 20.9 Å². The van der Waals surface area contributed by atoms with Crippen LogP contribution in [0.2, 0.25) is 0 Å². The maximum atomic E-state index is 12.6. The highest BCUT2D eigenvalue weighted by Gasteiger charge is 2.09. The Kier molecular flexibility index (Phi) is 6.40. The largest absolute Gasteiger partial charge is 0.482 e. The van der Waals surface area contributed by atoms with Crippen molar-refractivity contribution in [1.82, 2.24) is 9.55 Å². The minimum atomic E-state index is -0.482. The molecule has 3 aromatic rings. The summed E-state index contributed by atoms with van der Waals surface area (Å²) in [6.45, 7) is -0.0334. The van der Waals surface area contributed by atoms with Crippen molar-refractivity contribution < 1.29 is 19.1 Å². The first-order valence-electron chi connectivity index (χ1n) is 8.79. The van der Waals surface area contributed by atoms with Crippen molar-refractivity contribution in [3.63, 3.8) is 0 Å². The molecule has 0 saturated carbocycles. The van der Waals surface area contributed by atoms with Gasteiger partial charge < -0.3 is 19.8 Å². The van der Waals surface area contributed by atoms with Gasteiger partial charge in [0.05, 0.1) is 18.0 Å². The van der Waals surface area contributed by atoms with E-state index in [1.807, 2.05) is 6.07 Å². The summed E-state index contributed by atoms with van der Waals surface area (Å²) in [6.07, 6.45) is 0.0797. The fraction of sp³-hybridized carbons (Fsp3) is 0.200. The second kappa shape index (κ2) is 9.16. The predicted molar refractivity (Wildman–Crippen MR) is 111 cm³/mol. The maximum Gasteiger partial charge on any atom is 0.343 e. The molecule has 0 aliphatic heterocycles. The normalized spacial score (nSPS) is 10.5. The summed E-state index contributed by atoms with van der Waals surface area (Å²) in [5.41, 5.74) is 0.999. The molecule has 1 aromatic heterocycles. The lowest BCUT2D eigenvalue weighted by Crippen LogP contribution is -2.25. The van der Waals surface area contributed by atoms with Crippen LogP contribution in [0.25, 0.3) is 10.9 Å². The number of esters is 1. The van der Waals surface area contributed by atoms with Gasteiger partial charge in [0.1, 0.15) is 5.75 Å². The van der Waals surface area contributed by atoms with Gasteiger partial charge in [0.2, 0.25) is 5.91 Å². The van der Waals surface area contributed by atoms with Gasteiger partial charge in [-0.1, -0.05) is 12.1 Å². The molecule has 0 fully saturated rings. The van der Waals surface area contributed by atoms with E-state index in [1.165, 1.54) is 11.7 Å². The third-order valence-electron chi connectivity index (χ3n) is 4.17. The van der Waals surface area contributed by atoms with Crippen molar-refractivity contribution in [1.29, 1.82) is 0 Å². The quantitative estimate of drug-likeness (QED) is 0.456. The van der Waals surface area contributed by atoms with Crippen molar-refractivity contribution in [2.75, 3.05) is 19.0 Å². The molecule has 2 aromatic carbocycles. The van der Waals surface area contributed by atoms with Crippen LogP contribution < -0.4 is 15.6 Å². The summed E-state index contributed by atoms with van der Waals surface area (Å²) in [4.78, 5) is 38.9. The number of nitrogens with one attached hydrogen (secondary N) is 2. The molecule has 1 heterocycles. The SMILES string of the molecule is COC(=O)COc1ccc(NC(=O)CCn2c(=S)[nH]c3ccccc3c2=O)cc1. The fourth-order valence-corrected chi connectivity index (χ4v) is 2.96. The Balaban J connectivity index is 1.60. The Morgan fingerprint density at radius 2 is 1.86 bits per heavy atom.